The van der Waals surface area contributed by atoms with E-state index in [9.17, 15) is 5.11 Å². The second kappa shape index (κ2) is 5.39. The Morgan fingerprint density at radius 2 is 1.82 bits per heavy atom. The van der Waals surface area contributed by atoms with Gasteiger partial charge < -0.3 is 5.11 Å². The molecular weight excluding hydrogens is 228 g/mol. The smallest absolute Gasteiger partial charge is 0.0772 e. The Morgan fingerprint density at radius 1 is 1.06 bits per heavy atom. The molecule has 1 nitrogen and oxygen atoms in total. The molecule has 2 heteroatoms. The predicted molar refractivity (Wildman–Crippen MR) is 72.4 cm³/mol. The summed E-state index contributed by atoms with van der Waals surface area (Å²) >= 11 is 1.70. The van der Waals surface area contributed by atoms with Crippen LogP contribution in [0.25, 0.3) is 0 Å². The minimum Gasteiger partial charge on any atom is -0.389 e. The van der Waals surface area contributed by atoms with Crippen molar-refractivity contribution < 1.29 is 5.11 Å². The first-order valence-corrected chi connectivity index (χ1v) is 6.50. The summed E-state index contributed by atoms with van der Waals surface area (Å²) in [6.45, 7) is 3.89. The first-order chi connectivity index (χ1) is 8.16. The van der Waals surface area contributed by atoms with Crippen molar-refractivity contribution in [3.63, 3.8) is 0 Å². The number of aliphatic hydroxyl groups excluding tert-OH is 1. The van der Waals surface area contributed by atoms with E-state index < -0.39 is 6.10 Å². The topological polar surface area (TPSA) is 20.2 Å². The summed E-state index contributed by atoms with van der Waals surface area (Å²) < 4.78 is 0. The number of benzene rings is 2. The molecule has 88 valence electrons. The molecule has 2 aromatic carbocycles. The van der Waals surface area contributed by atoms with Crippen LogP contribution in [0.15, 0.2) is 58.3 Å². The molecule has 1 atom stereocenters. The molecule has 0 aliphatic heterocycles. The first kappa shape index (κ1) is 12.2. The van der Waals surface area contributed by atoms with Gasteiger partial charge >= 0.3 is 0 Å². The summed E-state index contributed by atoms with van der Waals surface area (Å²) in [7, 11) is 0. The van der Waals surface area contributed by atoms with Crippen LogP contribution in [0.3, 0.4) is 0 Å². The molecule has 0 amide bonds. The van der Waals surface area contributed by atoms with Gasteiger partial charge in [0.05, 0.1) is 6.10 Å². The first-order valence-electron chi connectivity index (χ1n) is 5.68. The summed E-state index contributed by atoms with van der Waals surface area (Å²) in [6, 6.07) is 16.4. The van der Waals surface area contributed by atoms with Crippen LogP contribution in [0.1, 0.15) is 24.2 Å². The van der Waals surface area contributed by atoms with Gasteiger partial charge in [-0.1, -0.05) is 47.7 Å². The maximum atomic E-state index is 9.72. The molecule has 1 N–H and O–H groups in total. The highest BCUT2D eigenvalue weighted by atomic mass is 32.2. The largest absolute Gasteiger partial charge is 0.389 e. The van der Waals surface area contributed by atoms with E-state index in [1.54, 1.807) is 18.7 Å². The molecule has 0 fully saturated rings. The lowest BCUT2D eigenvalue weighted by Crippen LogP contribution is -1.93. The molecule has 0 saturated carbocycles. The quantitative estimate of drug-likeness (QED) is 0.873. The maximum Gasteiger partial charge on any atom is 0.0772 e. The van der Waals surface area contributed by atoms with Crippen molar-refractivity contribution in [2.75, 3.05) is 0 Å². The van der Waals surface area contributed by atoms with E-state index in [0.717, 1.165) is 10.5 Å². The van der Waals surface area contributed by atoms with E-state index in [4.69, 9.17) is 0 Å². The van der Waals surface area contributed by atoms with Crippen LogP contribution in [0, 0.1) is 6.92 Å². The predicted octanol–water partition coefficient (Wildman–Crippen LogP) is 4.20. The van der Waals surface area contributed by atoms with E-state index in [1.807, 2.05) is 18.2 Å². The lowest BCUT2D eigenvalue weighted by atomic mass is 10.1. The molecule has 2 aromatic rings. The molecule has 0 spiro atoms. The molecular formula is C15H16OS. The highest BCUT2D eigenvalue weighted by Gasteiger charge is 2.08. The van der Waals surface area contributed by atoms with Gasteiger partial charge in [-0.25, -0.2) is 0 Å². The van der Waals surface area contributed by atoms with Gasteiger partial charge in [0.1, 0.15) is 0 Å². The van der Waals surface area contributed by atoms with E-state index in [-0.39, 0.29) is 0 Å². The van der Waals surface area contributed by atoms with Crippen LogP contribution in [-0.4, -0.2) is 5.11 Å². The maximum absolute atomic E-state index is 9.72. The van der Waals surface area contributed by atoms with Gasteiger partial charge in [0.2, 0.25) is 0 Å². The van der Waals surface area contributed by atoms with Gasteiger partial charge in [0.15, 0.2) is 0 Å². The molecule has 0 unspecified atom stereocenters. The molecule has 0 aliphatic carbocycles. The Morgan fingerprint density at radius 3 is 2.53 bits per heavy atom. The van der Waals surface area contributed by atoms with Gasteiger partial charge in [-0.3, -0.25) is 0 Å². The molecule has 0 aliphatic rings. The van der Waals surface area contributed by atoms with Gasteiger partial charge in [-0.05, 0) is 37.6 Å². The summed E-state index contributed by atoms with van der Waals surface area (Å²) in [5.41, 5.74) is 2.24. The average molecular weight is 244 g/mol. The molecule has 2 rings (SSSR count). The Bertz CT molecular complexity index is 506. The molecule has 0 aromatic heterocycles. The second-order valence-electron chi connectivity index (χ2n) is 4.13. The molecule has 0 bridgehead atoms. The Hall–Kier alpha value is -1.25. The normalized spacial score (nSPS) is 12.4. The summed E-state index contributed by atoms with van der Waals surface area (Å²) in [6.07, 6.45) is -0.427. The zero-order chi connectivity index (χ0) is 12.3. The summed E-state index contributed by atoms with van der Waals surface area (Å²) in [5.74, 6) is 0. The molecule has 0 saturated heterocycles. The Labute approximate surface area is 107 Å². The van der Waals surface area contributed by atoms with E-state index in [1.165, 1.54) is 10.5 Å². The fraction of sp³-hybridized carbons (Fsp3) is 0.200. The van der Waals surface area contributed by atoms with Crippen LogP contribution in [-0.2, 0) is 0 Å². The van der Waals surface area contributed by atoms with Crippen LogP contribution >= 0.6 is 11.8 Å². The number of aliphatic hydroxyl groups is 1. The van der Waals surface area contributed by atoms with Crippen molar-refractivity contribution in [2.45, 2.75) is 29.7 Å². The van der Waals surface area contributed by atoms with E-state index >= 15 is 0 Å². The number of hydrogen-bond donors (Lipinski definition) is 1. The highest BCUT2D eigenvalue weighted by Crippen LogP contribution is 2.33. The minimum atomic E-state index is -0.427. The van der Waals surface area contributed by atoms with Crippen molar-refractivity contribution in [3.05, 3.63) is 59.7 Å². The summed E-state index contributed by atoms with van der Waals surface area (Å²) in [5, 5.41) is 9.72. The van der Waals surface area contributed by atoms with Crippen LogP contribution in [0.4, 0.5) is 0 Å². The van der Waals surface area contributed by atoms with Gasteiger partial charge in [-0.2, -0.15) is 0 Å². The third-order valence-electron chi connectivity index (χ3n) is 2.59. The van der Waals surface area contributed by atoms with E-state index in [0.29, 0.717) is 0 Å². The Kier molecular flexibility index (Phi) is 3.87. The van der Waals surface area contributed by atoms with Gasteiger partial charge in [0.25, 0.3) is 0 Å². The van der Waals surface area contributed by atoms with Crippen molar-refractivity contribution in [1.82, 2.24) is 0 Å². The standard InChI is InChI=1S/C15H16OS/c1-11-6-5-7-13(10-11)17-15-9-4-3-8-14(15)12(2)16/h3-10,12,16H,1-2H3/t12-/m1/s1. The molecule has 0 heterocycles. The summed E-state index contributed by atoms with van der Waals surface area (Å²) in [4.78, 5) is 2.33. The zero-order valence-corrected chi connectivity index (χ0v) is 10.9. The van der Waals surface area contributed by atoms with Crippen molar-refractivity contribution in [3.8, 4) is 0 Å². The monoisotopic (exact) mass is 244 g/mol. The third-order valence-corrected chi connectivity index (χ3v) is 3.67. The van der Waals surface area contributed by atoms with Crippen LogP contribution < -0.4 is 0 Å². The van der Waals surface area contributed by atoms with Crippen molar-refractivity contribution in [1.29, 1.82) is 0 Å². The fourth-order valence-electron chi connectivity index (χ4n) is 1.72. The molecule has 0 radical (unpaired) electrons. The Balaban J connectivity index is 2.30. The van der Waals surface area contributed by atoms with Crippen LogP contribution in [0.2, 0.25) is 0 Å². The van der Waals surface area contributed by atoms with Crippen LogP contribution in [0.5, 0.6) is 0 Å². The minimum absolute atomic E-state index is 0.427. The highest BCUT2D eigenvalue weighted by molar-refractivity contribution is 7.99. The average Bonchev–Trinajstić information content (AvgIpc) is 2.29. The fourth-order valence-corrected chi connectivity index (χ4v) is 2.87. The second-order valence-corrected chi connectivity index (χ2v) is 5.25. The van der Waals surface area contributed by atoms with Gasteiger partial charge in [-0.15, -0.1) is 0 Å². The lowest BCUT2D eigenvalue weighted by molar-refractivity contribution is 0.196. The number of aryl methyl sites for hydroxylation is 1. The van der Waals surface area contributed by atoms with E-state index in [2.05, 4.69) is 37.3 Å². The number of hydrogen-bond acceptors (Lipinski definition) is 2. The number of rotatable bonds is 3. The van der Waals surface area contributed by atoms with Gasteiger partial charge in [0, 0.05) is 9.79 Å². The zero-order valence-electron chi connectivity index (χ0n) is 10.1. The van der Waals surface area contributed by atoms with Crippen molar-refractivity contribution in [2.24, 2.45) is 0 Å². The molecule has 17 heavy (non-hydrogen) atoms. The van der Waals surface area contributed by atoms with Crippen molar-refractivity contribution >= 4 is 11.8 Å². The lowest BCUT2D eigenvalue weighted by Gasteiger charge is -2.11. The third kappa shape index (κ3) is 3.11. The SMILES string of the molecule is Cc1cccc(Sc2ccccc2[C@@H](C)O)c1.